The van der Waals surface area contributed by atoms with Crippen LogP contribution in [0.5, 0.6) is 0 Å². The first-order valence-corrected chi connectivity index (χ1v) is 0. The average molecular weight is 187 g/mol. The second-order valence-corrected chi connectivity index (χ2v) is 0. The van der Waals surface area contributed by atoms with Gasteiger partial charge in [-0.15, -0.1) is 0 Å². The van der Waals surface area contributed by atoms with E-state index in [9.17, 15) is 0 Å². The molecular weight excluding hydrogens is 181 g/mol. The van der Waals surface area contributed by atoms with E-state index >= 15 is 0 Å². The summed E-state index contributed by atoms with van der Waals surface area (Å²) in [5.41, 5.74) is 0. The van der Waals surface area contributed by atoms with E-state index in [1.54, 1.807) is 0 Å². The summed E-state index contributed by atoms with van der Waals surface area (Å²) in [6.45, 7) is 0. The summed E-state index contributed by atoms with van der Waals surface area (Å²) in [5.74, 6) is 0. The van der Waals surface area contributed by atoms with Crippen LogP contribution in [-0.2, 0) is 0 Å². The summed E-state index contributed by atoms with van der Waals surface area (Å²) in [6.07, 6.45) is 0. The molecule has 24 valence electrons. The topological polar surface area (TPSA) is 100 Å². The average Bonchev–Trinajstić information content (AvgIpc) is 0. The van der Waals surface area contributed by atoms with Crippen LogP contribution < -0.4 is 0 Å². The maximum atomic E-state index is 0. The van der Waals surface area contributed by atoms with Gasteiger partial charge in [0.25, 0.3) is 0 Å². The molecule has 0 rings (SSSR count). The fourth-order valence-electron chi connectivity index (χ4n) is 0. The van der Waals surface area contributed by atoms with Crippen LogP contribution in [-0.4, -0.2) is 0 Å². The summed E-state index contributed by atoms with van der Waals surface area (Å²) in [5, 5.41) is 0. The molecule has 0 fully saturated rings. The molecule has 0 aliphatic carbocycles. The first kappa shape index (κ1) is 72.9. The van der Waals surface area contributed by atoms with Crippen molar-refractivity contribution in [1.29, 1.82) is 0 Å². The zero-order chi connectivity index (χ0) is 0. The molecule has 0 heterocycles. The Balaban J connectivity index is 0. The third-order valence-corrected chi connectivity index (χ3v) is 0. The largest absolute Gasteiger partial charge is 3.00 e. The van der Waals surface area contributed by atoms with Gasteiger partial charge in [-0.3, -0.25) is 0 Å². The maximum Gasteiger partial charge on any atom is 3.00 e. The van der Waals surface area contributed by atoms with Gasteiger partial charge in [-0.05, 0) is 0 Å². The van der Waals surface area contributed by atoms with Crippen LogP contribution >= 0.6 is 0 Å². The van der Waals surface area contributed by atoms with E-state index in [2.05, 4.69) is 0 Å². The fourth-order valence-corrected chi connectivity index (χ4v) is 0. The minimum Gasteiger partial charge on any atom is -0.693 e. The van der Waals surface area contributed by atoms with Crippen molar-refractivity contribution in [2.75, 3.05) is 0 Å². The van der Waals surface area contributed by atoms with Gasteiger partial charge in [0, 0.05) is 0 Å². The van der Waals surface area contributed by atoms with Gasteiger partial charge in [0.05, 0.1) is 0 Å². The van der Waals surface area contributed by atoms with Crippen molar-refractivity contribution in [2.45, 2.75) is 0 Å². The van der Waals surface area contributed by atoms with Crippen LogP contribution in [0.15, 0.2) is 0 Å². The molecule has 0 aromatic rings. The molecule has 0 aliphatic rings. The van der Waals surface area contributed by atoms with Gasteiger partial charge in [-0.1, -0.05) is 0 Å². The summed E-state index contributed by atoms with van der Waals surface area (Å²) in [4.78, 5) is 0. The Hall–Kier alpha value is 1.07. The predicted octanol–water partition coefficient (Wildman–Crippen LogP) is 2.15. The number of hydrogen-bond donors (Lipinski definition) is 0. The van der Waals surface area contributed by atoms with E-state index < -0.39 is 0 Å². The van der Waals surface area contributed by atoms with Gasteiger partial charge in [0.1, 0.15) is 0 Å². The molecular formula is H6LaN3. The van der Waals surface area contributed by atoms with Crippen molar-refractivity contribution in [3.63, 3.8) is 0 Å². The van der Waals surface area contributed by atoms with E-state index in [0.29, 0.717) is 0 Å². The van der Waals surface area contributed by atoms with Crippen molar-refractivity contribution in [3.8, 4) is 0 Å². The van der Waals surface area contributed by atoms with Crippen LogP contribution in [0.3, 0.4) is 0 Å². The molecule has 0 aromatic heterocycles. The van der Waals surface area contributed by atoms with Crippen molar-refractivity contribution in [2.24, 2.45) is 0 Å². The second-order valence-electron chi connectivity index (χ2n) is 0. The zero-order valence-corrected chi connectivity index (χ0v) is 5.94. The molecule has 6 N–H and O–H groups in total. The number of nitrogens with two attached hydrogens (primary N) is 3. The predicted molar refractivity (Wildman–Crippen MR) is 15.9 cm³/mol. The molecule has 4 heteroatoms. The summed E-state index contributed by atoms with van der Waals surface area (Å²) in [6, 6.07) is 0. The third-order valence-electron chi connectivity index (χ3n) is 0. The van der Waals surface area contributed by atoms with Gasteiger partial charge in [0.2, 0.25) is 0 Å². The Morgan fingerprint density at radius 3 is 0.500 bits per heavy atom. The Bertz CT molecular complexity index is 3.25. The van der Waals surface area contributed by atoms with Crippen LogP contribution in [0.25, 0.3) is 18.5 Å². The molecule has 3 nitrogen and oxygen atoms in total. The van der Waals surface area contributed by atoms with Gasteiger partial charge < -0.3 is 18.5 Å². The molecule has 0 bridgehead atoms. The molecule has 0 spiro atoms. The van der Waals surface area contributed by atoms with Crippen molar-refractivity contribution < 1.29 is 35.6 Å². The van der Waals surface area contributed by atoms with Crippen molar-refractivity contribution in [1.82, 2.24) is 0 Å². The van der Waals surface area contributed by atoms with Gasteiger partial charge in [0.15, 0.2) is 0 Å². The monoisotopic (exact) mass is 187 g/mol. The van der Waals surface area contributed by atoms with Crippen molar-refractivity contribution >= 4 is 0 Å². The molecule has 0 aromatic carbocycles. The summed E-state index contributed by atoms with van der Waals surface area (Å²) >= 11 is 0. The van der Waals surface area contributed by atoms with Crippen LogP contribution in [0.2, 0.25) is 0 Å². The molecule has 0 radical (unpaired) electrons. The smallest absolute Gasteiger partial charge is 0.693 e. The van der Waals surface area contributed by atoms with Gasteiger partial charge in [-0.25, -0.2) is 0 Å². The van der Waals surface area contributed by atoms with Crippen LogP contribution in [0.4, 0.5) is 0 Å². The Kier molecular flexibility index (Phi) is 608. The van der Waals surface area contributed by atoms with E-state index in [0.717, 1.165) is 0 Å². The SMILES string of the molecule is [La+3].[NH2-].[NH2-].[NH2-]. The molecule has 0 aliphatic heterocycles. The number of hydrogen-bond acceptors (Lipinski definition) is 0. The first-order valence-electron chi connectivity index (χ1n) is 0. The van der Waals surface area contributed by atoms with E-state index in [1.165, 1.54) is 0 Å². The van der Waals surface area contributed by atoms with E-state index in [1.807, 2.05) is 0 Å². The van der Waals surface area contributed by atoms with E-state index in [-0.39, 0.29) is 54.1 Å². The second kappa shape index (κ2) is 33.3. The first-order chi connectivity index (χ1) is 0. The minimum absolute atomic E-state index is 0. The zero-order valence-electron chi connectivity index (χ0n) is 2.31. The Morgan fingerprint density at radius 1 is 0.500 bits per heavy atom. The number of rotatable bonds is 0. The van der Waals surface area contributed by atoms with Crippen LogP contribution in [0.1, 0.15) is 0 Å². The third kappa shape index (κ3) is 11.5. The quantitative estimate of drug-likeness (QED) is 0.554. The van der Waals surface area contributed by atoms with Crippen LogP contribution in [0, 0.1) is 35.6 Å². The van der Waals surface area contributed by atoms with Gasteiger partial charge in [-0.2, -0.15) is 0 Å². The molecule has 4 heavy (non-hydrogen) atoms. The summed E-state index contributed by atoms with van der Waals surface area (Å²) < 4.78 is 0. The molecule has 0 saturated heterocycles. The summed E-state index contributed by atoms with van der Waals surface area (Å²) in [7, 11) is 0. The fraction of sp³-hybridized carbons (Fsp3) is 0. The molecule has 0 saturated carbocycles. The van der Waals surface area contributed by atoms with Gasteiger partial charge >= 0.3 is 35.6 Å². The molecule has 0 atom stereocenters. The normalized spacial score (nSPS) is 0. The standard InChI is InChI=1S/La.3H2N/h;3*1H2/q+3;3*-1. The Morgan fingerprint density at radius 2 is 0.500 bits per heavy atom. The molecule has 0 amide bonds. The Labute approximate surface area is 53.9 Å². The maximum absolute atomic E-state index is 0. The van der Waals surface area contributed by atoms with E-state index in [4.69, 9.17) is 0 Å². The minimum atomic E-state index is 0. The van der Waals surface area contributed by atoms with Crippen molar-refractivity contribution in [3.05, 3.63) is 18.5 Å². The molecule has 0 unspecified atom stereocenters.